The van der Waals surface area contributed by atoms with Crippen molar-refractivity contribution < 1.29 is 23.0 Å². The fourth-order valence-corrected chi connectivity index (χ4v) is 1.85. The summed E-state index contributed by atoms with van der Waals surface area (Å²) in [5, 5.41) is 10.4. The topological polar surface area (TPSA) is 29.5 Å². The van der Waals surface area contributed by atoms with Gasteiger partial charge in [-0.2, -0.15) is 13.2 Å². The molecule has 1 N–H and O–H groups in total. The highest BCUT2D eigenvalue weighted by molar-refractivity contribution is 6.30. The van der Waals surface area contributed by atoms with Crippen LogP contribution >= 0.6 is 11.6 Å². The van der Waals surface area contributed by atoms with Crippen molar-refractivity contribution in [3.05, 3.63) is 70.2 Å². The predicted molar refractivity (Wildman–Crippen MR) is 72.6 cm³/mol. The molecule has 0 aliphatic heterocycles. The SMILES string of the molecule is OC(OCc1ccc(Cl)cc1)c1cccc(C(F)(F)F)c1. The molecule has 2 rings (SSSR count). The van der Waals surface area contributed by atoms with Gasteiger partial charge in [0.1, 0.15) is 0 Å². The van der Waals surface area contributed by atoms with Gasteiger partial charge in [0.05, 0.1) is 12.2 Å². The first-order chi connectivity index (χ1) is 9.86. The number of alkyl halides is 3. The smallest absolute Gasteiger partial charge is 0.364 e. The maximum atomic E-state index is 12.6. The summed E-state index contributed by atoms with van der Waals surface area (Å²) < 4.78 is 42.9. The van der Waals surface area contributed by atoms with Crippen LogP contribution in [-0.4, -0.2) is 5.11 Å². The summed E-state index contributed by atoms with van der Waals surface area (Å²) in [7, 11) is 0. The van der Waals surface area contributed by atoms with E-state index in [0.717, 1.165) is 17.7 Å². The number of benzene rings is 2. The second-order valence-electron chi connectivity index (χ2n) is 4.41. The van der Waals surface area contributed by atoms with Crippen molar-refractivity contribution in [1.29, 1.82) is 0 Å². The number of aliphatic hydroxyl groups is 1. The van der Waals surface area contributed by atoms with Crippen molar-refractivity contribution in [2.24, 2.45) is 0 Å². The second kappa shape index (κ2) is 6.47. The van der Waals surface area contributed by atoms with Crippen LogP contribution in [0.2, 0.25) is 5.02 Å². The van der Waals surface area contributed by atoms with Gasteiger partial charge < -0.3 is 9.84 Å². The van der Waals surface area contributed by atoms with Crippen molar-refractivity contribution in [3.8, 4) is 0 Å². The van der Waals surface area contributed by atoms with Crippen molar-refractivity contribution in [1.82, 2.24) is 0 Å². The van der Waals surface area contributed by atoms with Crippen LogP contribution < -0.4 is 0 Å². The van der Waals surface area contributed by atoms with Crippen LogP contribution in [0.4, 0.5) is 13.2 Å². The minimum Gasteiger partial charge on any atom is -0.364 e. The van der Waals surface area contributed by atoms with E-state index in [1.54, 1.807) is 24.3 Å². The van der Waals surface area contributed by atoms with Gasteiger partial charge in [-0.25, -0.2) is 0 Å². The molecule has 1 atom stereocenters. The number of ether oxygens (including phenoxy) is 1. The molecule has 0 saturated carbocycles. The zero-order valence-corrected chi connectivity index (χ0v) is 11.5. The number of rotatable bonds is 4. The van der Waals surface area contributed by atoms with Gasteiger partial charge in [-0.1, -0.05) is 35.9 Å². The van der Waals surface area contributed by atoms with E-state index in [9.17, 15) is 18.3 Å². The second-order valence-corrected chi connectivity index (χ2v) is 4.85. The Morgan fingerprint density at radius 3 is 2.38 bits per heavy atom. The predicted octanol–water partition coefficient (Wildman–Crippen LogP) is 4.57. The zero-order chi connectivity index (χ0) is 15.5. The first-order valence-corrected chi connectivity index (χ1v) is 6.45. The Bertz CT molecular complexity index is 597. The molecular weight excluding hydrogens is 305 g/mol. The van der Waals surface area contributed by atoms with Gasteiger partial charge in [-0.3, -0.25) is 0 Å². The van der Waals surface area contributed by atoms with Crippen molar-refractivity contribution in [2.45, 2.75) is 19.1 Å². The van der Waals surface area contributed by atoms with E-state index < -0.39 is 18.0 Å². The zero-order valence-electron chi connectivity index (χ0n) is 10.8. The Hall–Kier alpha value is -1.56. The maximum Gasteiger partial charge on any atom is 0.416 e. The highest BCUT2D eigenvalue weighted by Crippen LogP contribution is 2.31. The van der Waals surface area contributed by atoms with E-state index in [4.69, 9.17) is 16.3 Å². The third kappa shape index (κ3) is 4.46. The van der Waals surface area contributed by atoms with Crippen molar-refractivity contribution in [2.75, 3.05) is 0 Å². The molecule has 0 fully saturated rings. The summed E-state index contributed by atoms with van der Waals surface area (Å²) >= 11 is 5.73. The maximum absolute atomic E-state index is 12.6. The molecule has 0 amide bonds. The molecule has 6 heteroatoms. The van der Waals surface area contributed by atoms with Gasteiger partial charge in [0.25, 0.3) is 0 Å². The van der Waals surface area contributed by atoms with Crippen LogP contribution in [0, 0.1) is 0 Å². The monoisotopic (exact) mass is 316 g/mol. The van der Waals surface area contributed by atoms with Gasteiger partial charge >= 0.3 is 6.18 Å². The van der Waals surface area contributed by atoms with Crippen LogP contribution in [-0.2, 0) is 17.5 Å². The molecule has 0 radical (unpaired) electrons. The van der Waals surface area contributed by atoms with Crippen LogP contribution in [0.25, 0.3) is 0 Å². The van der Waals surface area contributed by atoms with E-state index in [1.807, 2.05) is 0 Å². The number of halogens is 4. The summed E-state index contributed by atoms with van der Waals surface area (Å²) in [5.74, 6) is 0. The third-order valence-electron chi connectivity index (χ3n) is 2.82. The average molecular weight is 317 g/mol. The molecule has 2 aromatic carbocycles. The lowest BCUT2D eigenvalue weighted by molar-refractivity contribution is -0.138. The van der Waals surface area contributed by atoms with Crippen LogP contribution in [0.3, 0.4) is 0 Å². The molecule has 1 unspecified atom stereocenters. The molecule has 0 aromatic heterocycles. The fraction of sp³-hybridized carbons (Fsp3) is 0.200. The Morgan fingerprint density at radius 1 is 1.10 bits per heavy atom. The molecule has 0 saturated heterocycles. The van der Waals surface area contributed by atoms with Gasteiger partial charge in [-0.05, 0) is 29.8 Å². The van der Waals surface area contributed by atoms with Gasteiger partial charge in [0.2, 0.25) is 0 Å². The van der Waals surface area contributed by atoms with Crippen LogP contribution in [0.5, 0.6) is 0 Å². The van der Waals surface area contributed by atoms with Gasteiger partial charge in [0, 0.05) is 10.6 Å². The van der Waals surface area contributed by atoms with Gasteiger partial charge in [0.15, 0.2) is 6.29 Å². The summed E-state index contributed by atoms with van der Waals surface area (Å²) in [6.07, 6.45) is -5.88. The largest absolute Gasteiger partial charge is 0.416 e. The third-order valence-corrected chi connectivity index (χ3v) is 3.07. The fourth-order valence-electron chi connectivity index (χ4n) is 1.72. The van der Waals surface area contributed by atoms with Gasteiger partial charge in [-0.15, -0.1) is 0 Å². The lowest BCUT2D eigenvalue weighted by Gasteiger charge is -2.14. The molecule has 0 heterocycles. The lowest BCUT2D eigenvalue weighted by atomic mass is 10.1. The minimum absolute atomic E-state index is 0.0544. The summed E-state index contributed by atoms with van der Waals surface area (Å²) in [6.45, 7) is 0.0641. The first-order valence-electron chi connectivity index (χ1n) is 6.07. The Kier molecular flexibility index (Phi) is 4.88. The quantitative estimate of drug-likeness (QED) is 0.837. The molecule has 0 aliphatic rings. The Balaban J connectivity index is 2.03. The minimum atomic E-state index is -4.45. The normalized spacial score (nSPS) is 13.2. The van der Waals surface area contributed by atoms with E-state index in [1.165, 1.54) is 12.1 Å². The Labute approximate surface area is 124 Å². The molecule has 2 aromatic rings. The van der Waals surface area contributed by atoms with Crippen LogP contribution in [0.1, 0.15) is 23.0 Å². The number of hydrogen-bond donors (Lipinski definition) is 1. The molecular formula is C15H12ClF3O2. The van der Waals surface area contributed by atoms with Crippen molar-refractivity contribution in [3.63, 3.8) is 0 Å². The highest BCUT2D eigenvalue weighted by Gasteiger charge is 2.30. The molecule has 0 bridgehead atoms. The lowest BCUT2D eigenvalue weighted by Crippen LogP contribution is -2.08. The van der Waals surface area contributed by atoms with E-state index >= 15 is 0 Å². The molecule has 112 valence electrons. The average Bonchev–Trinajstić information content (AvgIpc) is 2.45. The van der Waals surface area contributed by atoms with E-state index in [2.05, 4.69) is 0 Å². The van der Waals surface area contributed by atoms with Crippen LogP contribution in [0.15, 0.2) is 48.5 Å². The Morgan fingerprint density at radius 2 is 1.76 bits per heavy atom. The highest BCUT2D eigenvalue weighted by atomic mass is 35.5. The summed E-state index contributed by atoms with van der Waals surface area (Å²) in [6, 6.07) is 11.2. The van der Waals surface area contributed by atoms with E-state index in [-0.39, 0.29) is 12.2 Å². The summed E-state index contributed by atoms with van der Waals surface area (Å²) in [5.41, 5.74) is -0.0154. The number of hydrogen-bond acceptors (Lipinski definition) is 2. The molecule has 2 nitrogen and oxygen atoms in total. The standard InChI is InChI=1S/C15H12ClF3O2/c16-13-6-4-10(5-7-13)9-21-14(20)11-2-1-3-12(8-11)15(17,18)19/h1-8,14,20H,9H2. The summed E-state index contributed by atoms with van der Waals surface area (Å²) in [4.78, 5) is 0. The molecule has 21 heavy (non-hydrogen) atoms. The van der Waals surface area contributed by atoms with Crippen molar-refractivity contribution >= 4 is 11.6 Å². The molecule has 0 spiro atoms. The number of aliphatic hydroxyl groups excluding tert-OH is 1. The van der Waals surface area contributed by atoms with E-state index in [0.29, 0.717) is 5.02 Å². The first kappa shape index (κ1) is 15.8. The molecule has 0 aliphatic carbocycles.